The maximum atomic E-state index is 12.9. The van der Waals surface area contributed by atoms with E-state index in [1.807, 2.05) is 25.1 Å². The molecule has 144 valence electrons. The fourth-order valence-corrected chi connectivity index (χ4v) is 2.90. The topological polar surface area (TPSA) is 66.9 Å². The monoisotopic (exact) mass is 378 g/mol. The average molecular weight is 378 g/mol. The van der Waals surface area contributed by atoms with Crippen molar-refractivity contribution < 1.29 is 9.18 Å². The van der Waals surface area contributed by atoms with E-state index in [0.717, 1.165) is 35.2 Å². The van der Waals surface area contributed by atoms with Gasteiger partial charge in [0.25, 0.3) is 5.91 Å². The van der Waals surface area contributed by atoms with Crippen LogP contribution in [0.4, 0.5) is 15.9 Å². The average Bonchev–Trinajstić information content (AvgIpc) is 2.71. The van der Waals surface area contributed by atoms with Gasteiger partial charge in [0.2, 0.25) is 0 Å². The Bertz CT molecular complexity index is 940. The molecule has 0 saturated carbocycles. The molecule has 3 aromatic rings. The van der Waals surface area contributed by atoms with Crippen LogP contribution in [0.3, 0.4) is 0 Å². The second-order valence-corrected chi connectivity index (χ2v) is 6.51. The van der Waals surface area contributed by atoms with Crippen molar-refractivity contribution in [1.29, 1.82) is 0 Å². The van der Waals surface area contributed by atoms with Gasteiger partial charge in [-0.05, 0) is 48.6 Å². The lowest BCUT2D eigenvalue weighted by molar-refractivity contribution is 0.102. The molecular formula is C22H23FN4O. The first-order valence-electron chi connectivity index (χ1n) is 9.27. The molecule has 1 heterocycles. The minimum atomic E-state index is -0.283. The van der Waals surface area contributed by atoms with E-state index in [1.54, 1.807) is 12.1 Å². The van der Waals surface area contributed by atoms with Crippen molar-refractivity contribution in [2.24, 2.45) is 0 Å². The van der Waals surface area contributed by atoms with Crippen LogP contribution in [0, 0.1) is 12.7 Å². The molecule has 0 unspecified atom stereocenters. The van der Waals surface area contributed by atoms with E-state index in [0.29, 0.717) is 12.4 Å². The van der Waals surface area contributed by atoms with Crippen molar-refractivity contribution >= 4 is 17.4 Å². The van der Waals surface area contributed by atoms with Crippen LogP contribution >= 0.6 is 0 Å². The van der Waals surface area contributed by atoms with Crippen LogP contribution in [0.2, 0.25) is 0 Å². The first kappa shape index (κ1) is 19.5. The maximum absolute atomic E-state index is 12.9. The molecule has 28 heavy (non-hydrogen) atoms. The van der Waals surface area contributed by atoms with E-state index < -0.39 is 0 Å². The third-order valence-corrected chi connectivity index (χ3v) is 4.50. The summed E-state index contributed by atoms with van der Waals surface area (Å²) in [5, 5.41) is 6.09. The number of aryl methyl sites for hydroxylation is 2. The number of rotatable bonds is 7. The van der Waals surface area contributed by atoms with E-state index in [4.69, 9.17) is 0 Å². The molecule has 0 bridgehead atoms. The summed E-state index contributed by atoms with van der Waals surface area (Å²) in [5.74, 6) is 0.0614. The fraction of sp³-hybridized carbons (Fsp3) is 0.227. The molecule has 0 aliphatic heterocycles. The smallest absolute Gasteiger partial charge is 0.275 e. The highest BCUT2D eigenvalue weighted by Gasteiger charge is 2.12. The Kier molecular flexibility index (Phi) is 6.32. The Labute approximate surface area is 164 Å². The Morgan fingerprint density at radius 1 is 1.07 bits per heavy atom. The van der Waals surface area contributed by atoms with Gasteiger partial charge in [-0.3, -0.25) is 4.79 Å². The summed E-state index contributed by atoms with van der Waals surface area (Å²) in [6.45, 7) is 4.65. The van der Waals surface area contributed by atoms with Crippen molar-refractivity contribution in [2.45, 2.75) is 26.7 Å². The van der Waals surface area contributed by atoms with Gasteiger partial charge < -0.3 is 10.6 Å². The van der Waals surface area contributed by atoms with Crippen molar-refractivity contribution in [3.63, 3.8) is 0 Å². The third-order valence-electron chi connectivity index (χ3n) is 4.50. The summed E-state index contributed by atoms with van der Waals surface area (Å²) in [6.07, 6.45) is 4.56. The van der Waals surface area contributed by atoms with Gasteiger partial charge in [0, 0.05) is 12.2 Å². The van der Waals surface area contributed by atoms with Crippen LogP contribution in [-0.4, -0.2) is 22.4 Å². The van der Waals surface area contributed by atoms with E-state index in [9.17, 15) is 9.18 Å². The predicted molar refractivity (Wildman–Crippen MR) is 109 cm³/mol. The summed E-state index contributed by atoms with van der Waals surface area (Å²) >= 11 is 0. The third kappa shape index (κ3) is 4.91. The molecule has 2 N–H and O–H groups in total. The van der Waals surface area contributed by atoms with E-state index in [1.165, 1.54) is 24.5 Å². The van der Waals surface area contributed by atoms with Crippen LogP contribution in [-0.2, 0) is 12.8 Å². The van der Waals surface area contributed by atoms with Crippen LogP contribution in [0.1, 0.15) is 34.1 Å². The zero-order valence-electron chi connectivity index (χ0n) is 16.0. The minimum absolute atomic E-state index is 0.242. The normalized spacial score (nSPS) is 10.5. The molecule has 1 aromatic heterocycles. The largest absolute Gasteiger partial charge is 0.368 e. The molecule has 2 aromatic carbocycles. The van der Waals surface area contributed by atoms with Crippen LogP contribution in [0.25, 0.3) is 0 Å². The first-order valence-corrected chi connectivity index (χ1v) is 9.27. The Morgan fingerprint density at radius 3 is 2.54 bits per heavy atom. The molecule has 0 aliphatic carbocycles. The van der Waals surface area contributed by atoms with Gasteiger partial charge in [0.05, 0.1) is 12.4 Å². The van der Waals surface area contributed by atoms with Crippen LogP contribution in [0.15, 0.2) is 54.9 Å². The molecule has 0 spiro atoms. The molecule has 0 aliphatic rings. The first-order chi connectivity index (χ1) is 13.6. The highest BCUT2D eigenvalue weighted by atomic mass is 19.1. The van der Waals surface area contributed by atoms with Gasteiger partial charge in [-0.15, -0.1) is 0 Å². The number of carbonyl (C=O) groups excluding carboxylic acids is 1. The number of nitrogens with one attached hydrogen (secondary N) is 2. The number of halogens is 1. The summed E-state index contributed by atoms with van der Waals surface area (Å²) in [7, 11) is 0. The van der Waals surface area contributed by atoms with E-state index >= 15 is 0 Å². The van der Waals surface area contributed by atoms with E-state index in [2.05, 4.69) is 27.5 Å². The quantitative estimate of drug-likeness (QED) is 0.640. The Hall–Kier alpha value is -3.28. The van der Waals surface area contributed by atoms with Gasteiger partial charge >= 0.3 is 0 Å². The summed E-state index contributed by atoms with van der Waals surface area (Å²) < 4.78 is 12.9. The highest BCUT2D eigenvalue weighted by molar-refractivity contribution is 6.03. The number of amides is 1. The van der Waals surface area contributed by atoms with E-state index in [-0.39, 0.29) is 17.4 Å². The second-order valence-electron chi connectivity index (χ2n) is 6.51. The Morgan fingerprint density at radius 2 is 1.86 bits per heavy atom. The molecule has 5 nitrogen and oxygen atoms in total. The predicted octanol–water partition coefficient (Wildman–Crippen LogP) is 4.39. The number of nitrogens with zero attached hydrogens (tertiary/aromatic N) is 2. The lowest BCUT2D eigenvalue weighted by Gasteiger charge is -2.12. The number of benzene rings is 2. The molecule has 6 heteroatoms. The number of aromatic nitrogens is 2. The Balaban J connectivity index is 1.58. The van der Waals surface area contributed by atoms with Gasteiger partial charge in [-0.2, -0.15) is 0 Å². The van der Waals surface area contributed by atoms with Gasteiger partial charge in [0.15, 0.2) is 0 Å². The maximum Gasteiger partial charge on any atom is 0.275 e. The molecule has 0 saturated heterocycles. The molecule has 1 amide bonds. The zero-order valence-corrected chi connectivity index (χ0v) is 16.0. The number of hydrogen-bond acceptors (Lipinski definition) is 4. The number of carbonyl (C=O) groups is 1. The molecular weight excluding hydrogens is 355 g/mol. The fourth-order valence-electron chi connectivity index (χ4n) is 2.90. The highest BCUT2D eigenvalue weighted by Crippen LogP contribution is 2.21. The van der Waals surface area contributed by atoms with Crippen LogP contribution in [0.5, 0.6) is 0 Å². The standard InChI is InChI=1S/C22H23FN4O/c1-3-17-6-4-5-15(2)21(17)27-22(28)19-13-26-20(14-25-19)24-12-11-16-7-9-18(23)10-8-16/h4-10,13-14H,3,11-12H2,1-2H3,(H,24,26)(H,27,28). The summed E-state index contributed by atoms with van der Waals surface area (Å²) in [6, 6.07) is 12.4. The minimum Gasteiger partial charge on any atom is -0.368 e. The number of para-hydroxylation sites is 1. The number of hydrogen-bond donors (Lipinski definition) is 2. The molecule has 0 radical (unpaired) electrons. The van der Waals surface area contributed by atoms with Gasteiger partial charge in [-0.1, -0.05) is 37.3 Å². The lowest BCUT2D eigenvalue weighted by atomic mass is 10.1. The summed E-state index contributed by atoms with van der Waals surface area (Å²) in [5.41, 5.74) is 4.22. The zero-order chi connectivity index (χ0) is 19.9. The molecule has 3 rings (SSSR count). The molecule has 0 atom stereocenters. The van der Waals surface area contributed by atoms with Crippen molar-refractivity contribution in [3.05, 3.63) is 83.1 Å². The molecule has 0 fully saturated rings. The SMILES string of the molecule is CCc1cccc(C)c1NC(=O)c1cnc(NCCc2ccc(F)cc2)cn1. The van der Waals surface area contributed by atoms with Crippen molar-refractivity contribution in [3.8, 4) is 0 Å². The second kappa shape index (κ2) is 9.08. The van der Waals surface area contributed by atoms with Crippen molar-refractivity contribution in [2.75, 3.05) is 17.2 Å². The van der Waals surface area contributed by atoms with Gasteiger partial charge in [0.1, 0.15) is 17.3 Å². The summed E-state index contributed by atoms with van der Waals surface area (Å²) in [4.78, 5) is 21.0. The lowest BCUT2D eigenvalue weighted by Crippen LogP contribution is -2.16. The van der Waals surface area contributed by atoms with Crippen LogP contribution < -0.4 is 10.6 Å². The number of anilines is 2. The van der Waals surface area contributed by atoms with Crippen molar-refractivity contribution in [1.82, 2.24) is 9.97 Å². The van der Waals surface area contributed by atoms with Gasteiger partial charge in [-0.25, -0.2) is 14.4 Å².